The lowest BCUT2D eigenvalue weighted by atomic mass is 10.1. The maximum atomic E-state index is 11.7. The van der Waals surface area contributed by atoms with Crippen LogP contribution in [0.5, 0.6) is 17.2 Å². The molecular formula is C22H27ClN2O6. The van der Waals surface area contributed by atoms with Crippen LogP contribution in [-0.2, 0) is 9.53 Å². The zero-order chi connectivity index (χ0) is 21.9. The van der Waals surface area contributed by atoms with Crippen molar-refractivity contribution in [2.24, 2.45) is 5.73 Å². The van der Waals surface area contributed by atoms with Crippen molar-refractivity contribution in [3.05, 3.63) is 53.6 Å². The first kappa shape index (κ1) is 25.8. The molecular weight excluding hydrogens is 424 g/mol. The number of carbonyl (C=O) groups excluding carboxylic acids is 2. The Hall–Kier alpha value is -3.23. The van der Waals surface area contributed by atoms with E-state index in [0.29, 0.717) is 17.2 Å². The number of rotatable bonds is 9. The monoisotopic (exact) mass is 450 g/mol. The van der Waals surface area contributed by atoms with Crippen molar-refractivity contribution in [2.45, 2.75) is 13.0 Å². The van der Waals surface area contributed by atoms with E-state index in [1.54, 1.807) is 51.5 Å². The summed E-state index contributed by atoms with van der Waals surface area (Å²) in [6, 6.07) is 11.9. The molecule has 168 valence electrons. The second-order valence-corrected chi connectivity index (χ2v) is 6.33. The molecule has 2 rings (SSSR count). The highest BCUT2D eigenvalue weighted by Gasteiger charge is 2.08. The number of nitrogens with two attached hydrogens (primary N) is 1. The van der Waals surface area contributed by atoms with Crippen molar-refractivity contribution in [3.8, 4) is 17.2 Å². The summed E-state index contributed by atoms with van der Waals surface area (Å²) < 4.78 is 20.5. The van der Waals surface area contributed by atoms with Crippen LogP contribution < -0.4 is 25.3 Å². The van der Waals surface area contributed by atoms with E-state index < -0.39 is 12.2 Å². The lowest BCUT2D eigenvalue weighted by molar-refractivity contribution is -0.122. The topological polar surface area (TPSA) is 109 Å². The fraction of sp³-hybridized carbons (Fsp3) is 0.273. The summed E-state index contributed by atoms with van der Waals surface area (Å²) in [5.41, 5.74) is 7.25. The minimum Gasteiger partial charge on any atom is -0.497 e. The predicted molar refractivity (Wildman–Crippen MR) is 121 cm³/mol. The van der Waals surface area contributed by atoms with Gasteiger partial charge in [-0.2, -0.15) is 0 Å². The summed E-state index contributed by atoms with van der Waals surface area (Å²) in [6.07, 6.45) is 2.99. The molecule has 0 fully saturated rings. The van der Waals surface area contributed by atoms with Gasteiger partial charge in [-0.25, -0.2) is 4.79 Å². The standard InChI is InChI=1S/C22H26N2O6.ClH/c1-15(23)21(25)24-10-11-29-22(26)30-18-8-6-16(7-9-18)4-5-17-12-19(27-2)14-20(13-17)28-3;/h4-9,12-15H,10-11,23H2,1-3H3,(H,24,25);1H. The smallest absolute Gasteiger partial charge is 0.497 e. The van der Waals surface area contributed by atoms with Gasteiger partial charge in [-0.1, -0.05) is 24.3 Å². The summed E-state index contributed by atoms with van der Waals surface area (Å²) in [6.45, 7) is 1.72. The Morgan fingerprint density at radius 3 is 2.10 bits per heavy atom. The van der Waals surface area contributed by atoms with Crippen LogP contribution in [0.4, 0.5) is 4.79 Å². The van der Waals surface area contributed by atoms with Crippen LogP contribution in [0.3, 0.4) is 0 Å². The van der Waals surface area contributed by atoms with Gasteiger partial charge in [-0.05, 0) is 42.3 Å². The second kappa shape index (κ2) is 13.1. The fourth-order valence-electron chi connectivity index (χ4n) is 2.36. The molecule has 0 saturated heterocycles. The summed E-state index contributed by atoms with van der Waals surface area (Å²) in [4.78, 5) is 23.0. The van der Waals surface area contributed by atoms with Crippen LogP contribution in [0.1, 0.15) is 18.1 Å². The third-order valence-corrected chi connectivity index (χ3v) is 3.96. The average molecular weight is 451 g/mol. The zero-order valence-corrected chi connectivity index (χ0v) is 18.4. The van der Waals surface area contributed by atoms with Crippen molar-refractivity contribution < 1.29 is 28.5 Å². The number of amides is 1. The third-order valence-electron chi connectivity index (χ3n) is 3.96. The molecule has 0 aromatic heterocycles. The second-order valence-electron chi connectivity index (χ2n) is 6.33. The highest BCUT2D eigenvalue weighted by Crippen LogP contribution is 2.24. The van der Waals surface area contributed by atoms with E-state index in [4.69, 9.17) is 24.7 Å². The molecule has 1 unspecified atom stereocenters. The van der Waals surface area contributed by atoms with Crippen molar-refractivity contribution in [1.29, 1.82) is 0 Å². The molecule has 1 amide bonds. The van der Waals surface area contributed by atoms with Crippen LogP contribution in [0, 0.1) is 0 Å². The van der Waals surface area contributed by atoms with Gasteiger partial charge >= 0.3 is 6.16 Å². The number of hydrogen-bond donors (Lipinski definition) is 2. The van der Waals surface area contributed by atoms with E-state index in [2.05, 4.69) is 5.32 Å². The molecule has 0 aliphatic rings. The Bertz CT molecular complexity index is 862. The summed E-state index contributed by atoms with van der Waals surface area (Å²) in [7, 11) is 3.20. The molecule has 0 radical (unpaired) electrons. The molecule has 1 atom stereocenters. The van der Waals surface area contributed by atoms with Crippen molar-refractivity contribution in [1.82, 2.24) is 5.32 Å². The SMILES string of the molecule is COc1cc(C=Cc2ccc(OC(=O)OCCNC(=O)C(C)N)cc2)cc(OC)c1.Cl. The first-order valence-electron chi connectivity index (χ1n) is 9.30. The fourth-order valence-corrected chi connectivity index (χ4v) is 2.36. The van der Waals surface area contributed by atoms with E-state index >= 15 is 0 Å². The Labute approximate surface area is 187 Å². The lowest BCUT2D eigenvalue weighted by Crippen LogP contribution is -2.40. The van der Waals surface area contributed by atoms with Crippen molar-refractivity contribution in [2.75, 3.05) is 27.4 Å². The Morgan fingerprint density at radius 2 is 1.55 bits per heavy atom. The third kappa shape index (κ3) is 8.98. The number of methoxy groups -OCH3 is 2. The van der Waals surface area contributed by atoms with Gasteiger partial charge in [0.25, 0.3) is 0 Å². The molecule has 0 spiro atoms. The predicted octanol–water partition coefficient (Wildman–Crippen LogP) is 3.27. The van der Waals surface area contributed by atoms with Gasteiger partial charge in [0.1, 0.15) is 23.9 Å². The van der Waals surface area contributed by atoms with Crippen LogP contribution in [0.25, 0.3) is 12.2 Å². The first-order chi connectivity index (χ1) is 14.4. The average Bonchev–Trinajstić information content (AvgIpc) is 2.75. The van der Waals surface area contributed by atoms with E-state index in [1.807, 2.05) is 24.3 Å². The largest absolute Gasteiger partial charge is 0.513 e. The molecule has 0 saturated carbocycles. The number of hydrogen-bond acceptors (Lipinski definition) is 7. The van der Waals surface area contributed by atoms with E-state index in [-0.39, 0.29) is 31.5 Å². The van der Waals surface area contributed by atoms with Crippen LogP contribution in [0.2, 0.25) is 0 Å². The molecule has 2 aromatic carbocycles. The number of nitrogens with one attached hydrogen (secondary N) is 1. The molecule has 0 bridgehead atoms. The maximum absolute atomic E-state index is 11.7. The summed E-state index contributed by atoms with van der Waals surface area (Å²) in [5, 5.41) is 2.53. The molecule has 0 heterocycles. The Morgan fingerprint density at radius 1 is 0.968 bits per heavy atom. The lowest BCUT2D eigenvalue weighted by Gasteiger charge is -2.08. The minimum absolute atomic E-state index is 0. The molecule has 31 heavy (non-hydrogen) atoms. The normalized spacial score (nSPS) is 11.2. The van der Waals surface area contributed by atoms with Crippen molar-refractivity contribution in [3.63, 3.8) is 0 Å². The molecule has 8 nitrogen and oxygen atoms in total. The first-order valence-corrected chi connectivity index (χ1v) is 9.30. The molecule has 3 N–H and O–H groups in total. The van der Waals surface area contributed by atoms with Gasteiger partial charge in [0, 0.05) is 6.07 Å². The Balaban J connectivity index is 0.00000480. The number of benzene rings is 2. The van der Waals surface area contributed by atoms with E-state index in [9.17, 15) is 9.59 Å². The molecule has 2 aromatic rings. The van der Waals surface area contributed by atoms with Gasteiger partial charge in [0.2, 0.25) is 5.91 Å². The van der Waals surface area contributed by atoms with Crippen LogP contribution in [0.15, 0.2) is 42.5 Å². The quantitative estimate of drug-likeness (QED) is 0.261. The van der Waals surface area contributed by atoms with Gasteiger partial charge in [-0.3, -0.25) is 4.79 Å². The summed E-state index contributed by atoms with van der Waals surface area (Å²) >= 11 is 0. The Kier molecular flexibility index (Phi) is 10.9. The summed E-state index contributed by atoms with van der Waals surface area (Å²) in [5.74, 6) is 1.43. The van der Waals surface area contributed by atoms with Crippen molar-refractivity contribution >= 4 is 36.6 Å². The van der Waals surface area contributed by atoms with Crippen LogP contribution >= 0.6 is 12.4 Å². The minimum atomic E-state index is -0.850. The maximum Gasteiger partial charge on any atom is 0.513 e. The molecule has 9 heteroatoms. The highest BCUT2D eigenvalue weighted by atomic mass is 35.5. The highest BCUT2D eigenvalue weighted by molar-refractivity contribution is 5.85. The van der Waals surface area contributed by atoms with Gasteiger partial charge in [0.05, 0.1) is 26.8 Å². The number of halogens is 1. The number of ether oxygens (including phenoxy) is 4. The van der Waals surface area contributed by atoms with Gasteiger partial charge in [0.15, 0.2) is 0 Å². The van der Waals surface area contributed by atoms with Gasteiger partial charge < -0.3 is 30.0 Å². The van der Waals surface area contributed by atoms with Crippen LogP contribution in [-0.4, -0.2) is 45.5 Å². The number of carbonyl (C=O) groups is 2. The molecule has 0 aliphatic heterocycles. The van der Waals surface area contributed by atoms with E-state index in [0.717, 1.165) is 11.1 Å². The van der Waals surface area contributed by atoms with E-state index in [1.165, 1.54) is 0 Å². The molecule has 0 aliphatic carbocycles. The van der Waals surface area contributed by atoms with Gasteiger partial charge in [-0.15, -0.1) is 12.4 Å². The zero-order valence-electron chi connectivity index (χ0n) is 17.6.